The third kappa shape index (κ3) is 5.02. The number of nitriles is 1. The molecule has 0 radical (unpaired) electrons. The van der Waals surface area contributed by atoms with E-state index in [9.17, 15) is 10.1 Å². The van der Waals surface area contributed by atoms with E-state index in [0.29, 0.717) is 36.3 Å². The highest BCUT2D eigenvalue weighted by Crippen LogP contribution is 2.24. The molecule has 1 fully saturated rings. The first-order valence-corrected chi connectivity index (χ1v) is 10.1. The van der Waals surface area contributed by atoms with Crippen LogP contribution in [0.25, 0.3) is 0 Å². The van der Waals surface area contributed by atoms with E-state index in [2.05, 4.69) is 15.6 Å². The molecule has 0 saturated carbocycles. The van der Waals surface area contributed by atoms with Crippen molar-refractivity contribution in [3.63, 3.8) is 0 Å². The SMILES string of the molecule is Cc1ccccc1N/C(=N/C#N)N1CCN(C(=O)Nc2ccc(Cl)cc2)C(C)(C)C1. The Morgan fingerprint density at radius 3 is 2.47 bits per heavy atom. The Labute approximate surface area is 182 Å². The van der Waals surface area contributed by atoms with Gasteiger partial charge in [0.2, 0.25) is 12.2 Å². The summed E-state index contributed by atoms with van der Waals surface area (Å²) in [6.07, 6.45) is 1.88. The lowest BCUT2D eigenvalue weighted by molar-refractivity contribution is 0.0837. The molecule has 156 valence electrons. The largest absolute Gasteiger partial charge is 0.338 e. The van der Waals surface area contributed by atoms with Crippen LogP contribution in [0.4, 0.5) is 16.2 Å². The molecule has 7 nitrogen and oxygen atoms in total. The lowest BCUT2D eigenvalue weighted by atomic mass is 9.99. The number of rotatable bonds is 2. The number of nitrogens with zero attached hydrogens (tertiary/aromatic N) is 4. The topological polar surface area (TPSA) is 83.8 Å². The molecule has 30 heavy (non-hydrogen) atoms. The van der Waals surface area contributed by atoms with Crippen LogP contribution in [-0.2, 0) is 0 Å². The third-order valence-corrected chi connectivity index (χ3v) is 5.34. The Morgan fingerprint density at radius 2 is 1.83 bits per heavy atom. The number of anilines is 2. The van der Waals surface area contributed by atoms with Gasteiger partial charge in [-0.1, -0.05) is 29.8 Å². The fraction of sp³-hybridized carbons (Fsp3) is 0.318. The number of urea groups is 1. The van der Waals surface area contributed by atoms with Crippen LogP contribution in [-0.4, -0.2) is 47.0 Å². The Kier molecular flexibility index (Phi) is 6.48. The summed E-state index contributed by atoms with van der Waals surface area (Å²) in [6.45, 7) is 7.57. The average molecular weight is 425 g/mol. The van der Waals surface area contributed by atoms with E-state index in [1.807, 2.05) is 56.1 Å². The molecule has 0 spiro atoms. The number of guanidine groups is 1. The summed E-state index contributed by atoms with van der Waals surface area (Å²) < 4.78 is 0. The highest BCUT2D eigenvalue weighted by Gasteiger charge is 2.38. The highest BCUT2D eigenvalue weighted by atomic mass is 35.5. The summed E-state index contributed by atoms with van der Waals surface area (Å²) in [6, 6.07) is 14.7. The second-order valence-corrected chi connectivity index (χ2v) is 8.23. The van der Waals surface area contributed by atoms with Gasteiger partial charge in [-0.05, 0) is 56.7 Å². The molecule has 2 aromatic carbocycles. The summed E-state index contributed by atoms with van der Waals surface area (Å²) in [5.41, 5.74) is 2.17. The quantitative estimate of drug-likeness (QED) is 0.421. The summed E-state index contributed by atoms with van der Waals surface area (Å²) in [5, 5.41) is 16.0. The molecule has 1 saturated heterocycles. The maximum absolute atomic E-state index is 12.9. The molecular formula is C22H25ClN6O. The van der Waals surface area contributed by atoms with Crippen molar-refractivity contribution >= 4 is 35.0 Å². The Balaban J connectivity index is 1.71. The van der Waals surface area contributed by atoms with Crippen LogP contribution >= 0.6 is 11.6 Å². The monoisotopic (exact) mass is 424 g/mol. The minimum Gasteiger partial charge on any atom is -0.338 e. The molecule has 0 atom stereocenters. The van der Waals surface area contributed by atoms with Gasteiger partial charge in [0.25, 0.3) is 0 Å². The zero-order valence-electron chi connectivity index (χ0n) is 17.3. The normalized spacial score (nSPS) is 16.0. The molecule has 0 bridgehead atoms. The highest BCUT2D eigenvalue weighted by molar-refractivity contribution is 6.30. The van der Waals surface area contributed by atoms with Crippen LogP contribution in [0.1, 0.15) is 19.4 Å². The third-order valence-electron chi connectivity index (χ3n) is 5.09. The zero-order chi connectivity index (χ0) is 21.7. The smallest absolute Gasteiger partial charge is 0.322 e. The number of aliphatic imine (C=N–C) groups is 1. The molecule has 2 amide bonds. The molecule has 1 aliphatic rings. The van der Waals surface area contributed by atoms with Gasteiger partial charge < -0.3 is 20.4 Å². The van der Waals surface area contributed by atoms with Crippen LogP contribution in [0.3, 0.4) is 0 Å². The van der Waals surface area contributed by atoms with Gasteiger partial charge in [0, 0.05) is 36.0 Å². The minimum absolute atomic E-state index is 0.174. The predicted molar refractivity (Wildman–Crippen MR) is 121 cm³/mol. The molecule has 1 heterocycles. The Hall–Kier alpha value is -3.24. The summed E-state index contributed by atoms with van der Waals surface area (Å²) in [4.78, 5) is 20.7. The van der Waals surface area contributed by atoms with E-state index in [4.69, 9.17) is 11.6 Å². The summed E-state index contributed by atoms with van der Waals surface area (Å²) in [7, 11) is 0. The summed E-state index contributed by atoms with van der Waals surface area (Å²) >= 11 is 5.91. The van der Waals surface area contributed by atoms with Crippen LogP contribution in [0.2, 0.25) is 5.02 Å². The fourth-order valence-electron chi connectivity index (χ4n) is 3.49. The lowest BCUT2D eigenvalue weighted by Crippen LogP contribution is -2.63. The van der Waals surface area contributed by atoms with Gasteiger partial charge in [0.05, 0.1) is 5.54 Å². The van der Waals surface area contributed by atoms with Crippen molar-refractivity contribution in [1.29, 1.82) is 5.26 Å². The van der Waals surface area contributed by atoms with Crippen molar-refractivity contribution in [3.05, 3.63) is 59.1 Å². The number of para-hydroxylation sites is 1. The van der Waals surface area contributed by atoms with Crippen molar-refractivity contribution in [1.82, 2.24) is 9.80 Å². The zero-order valence-corrected chi connectivity index (χ0v) is 18.1. The number of piperazine rings is 1. The lowest BCUT2D eigenvalue weighted by Gasteiger charge is -2.47. The predicted octanol–water partition coefficient (Wildman–Crippen LogP) is 4.53. The van der Waals surface area contributed by atoms with E-state index in [-0.39, 0.29) is 6.03 Å². The van der Waals surface area contributed by atoms with Gasteiger partial charge >= 0.3 is 6.03 Å². The average Bonchev–Trinajstić information content (AvgIpc) is 2.70. The van der Waals surface area contributed by atoms with Crippen molar-refractivity contribution < 1.29 is 4.79 Å². The number of aryl methyl sites for hydroxylation is 1. The van der Waals surface area contributed by atoms with Gasteiger partial charge in [0.1, 0.15) is 0 Å². The number of hydrogen-bond donors (Lipinski definition) is 2. The molecule has 1 aliphatic heterocycles. The molecule has 0 aromatic heterocycles. The molecule has 0 aliphatic carbocycles. The number of nitrogens with one attached hydrogen (secondary N) is 2. The van der Waals surface area contributed by atoms with Gasteiger partial charge in [-0.25, -0.2) is 4.79 Å². The number of amides is 2. The number of halogens is 1. The standard InChI is InChI=1S/C22H25ClN6O/c1-16-6-4-5-7-19(16)27-20(25-15-24)28-12-13-29(22(2,3)14-28)21(30)26-18-10-8-17(23)9-11-18/h4-11H,12-14H2,1-3H3,(H,25,27)(H,26,30). The number of carbonyl (C=O) groups excluding carboxylic acids is 1. The first-order chi connectivity index (χ1) is 14.3. The molecule has 3 rings (SSSR count). The van der Waals surface area contributed by atoms with Crippen LogP contribution in [0, 0.1) is 18.4 Å². The van der Waals surface area contributed by atoms with Crippen molar-refractivity contribution in [2.75, 3.05) is 30.3 Å². The van der Waals surface area contributed by atoms with E-state index in [1.54, 1.807) is 29.2 Å². The molecule has 0 unspecified atom stereocenters. The summed E-state index contributed by atoms with van der Waals surface area (Å²) in [5.74, 6) is 0.484. The van der Waals surface area contributed by atoms with Crippen molar-refractivity contribution in [3.8, 4) is 6.19 Å². The Morgan fingerprint density at radius 1 is 1.13 bits per heavy atom. The molecule has 2 N–H and O–H groups in total. The number of benzene rings is 2. The first kappa shape index (κ1) is 21.5. The first-order valence-electron chi connectivity index (χ1n) is 9.69. The van der Waals surface area contributed by atoms with Gasteiger partial charge in [-0.3, -0.25) is 0 Å². The van der Waals surface area contributed by atoms with Gasteiger partial charge in [-0.15, -0.1) is 4.99 Å². The van der Waals surface area contributed by atoms with Crippen molar-refractivity contribution in [2.24, 2.45) is 4.99 Å². The van der Waals surface area contributed by atoms with E-state index < -0.39 is 5.54 Å². The maximum atomic E-state index is 12.9. The van der Waals surface area contributed by atoms with E-state index >= 15 is 0 Å². The molecule has 8 heteroatoms. The second-order valence-electron chi connectivity index (χ2n) is 7.80. The molecular weight excluding hydrogens is 400 g/mol. The van der Waals surface area contributed by atoms with Crippen LogP contribution < -0.4 is 10.6 Å². The van der Waals surface area contributed by atoms with Crippen LogP contribution in [0.15, 0.2) is 53.5 Å². The number of carbonyl (C=O) groups is 1. The van der Waals surface area contributed by atoms with Gasteiger partial charge in [-0.2, -0.15) is 5.26 Å². The molecule has 2 aromatic rings. The van der Waals surface area contributed by atoms with Crippen LogP contribution in [0.5, 0.6) is 0 Å². The second kappa shape index (κ2) is 9.06. The van der Waals surface area contributed by atoms with Crippen molar-refractivity contribution in [2.45, 2.75) is 26.3 Å². The fourth-order valence-corrected chi connectivity index (χ4v) is 3.62. The maximum Gasteiger partial charge on any atom is 0.322 e. The van der Waals surface area contributed by atoms with E-state index in [1.165, 1.54) is 0 Å². The number of hydrogen-bond acceptors (Lipinski definition) is 3. The van der Waals surface area contributed by atoms with E-state index in [0.717, 1.165) is 11.3 Å². The minimum atomic E-state index is -0.474. The Bertz CT molecular complexity index is 980. The van der Waals surface area contributed by atoms with Gasteiger partial charge in [0.15, 0.2) is 0 Å².